The van der Waals surface area contributed by atoms with E-state index in [9.17, 15) is 40.3 Å². The molecule has 0 bridgehead atoms. The van der Waals surface area contributed by atoms with Crippen LogP contribution in [-0.4, -0.2) is 47.3 Å². The Labute approximate surface area is 220 Å². The van der Waals surface area contributed by atoms with Crippen molar-refractivity contribution in [3.63, 3.8) is 0 Å². The number of hydrogen-bond acceptors (Lipinski definition) is 3. The summed E-state index contributed by atoms with van der Waals surface area (Å²) < 4.78 is 94.3. The fourth-order valence-electron chi connectivity index (χ4n) is 5.34. The highest BCUT2D eigenvalue weighted by Crippen LogP contribution is 2.40. The van der Waals surface area contributed by atoms with E-state index >= 15 is 0 Å². The van der Waals surface area contributed by atoms with Gasteiger partial charge in [-0.25, -0.2) is 4.39 Å². The summed E-state index contributed by atoms with van der Waals surface area (Å²) in [6.07, 6.45) is -8.55. The zero-order valence-corrected chi connectivity index (χ0v) is 21.1. The van der Waals surface area contributed by atoms with E-state index in [-0.39, 0.29) is 37.2 Å². The topological polar surface area (TPSA) is 66.6 Å². The third-order valence-corrected chi connectivity index (χ3v) is 7.30. The van der Waals surface area contributed by atoms with Gasteiger partial charge in [-0.1, -0.05) is 6.07 Å². The summed E-state index contributed by atoms with van der Waals surface area (Å²) in [6, 6.07) is 5.20. The van der Waals surface area contributed by atoms with Gasteiger partial charge in [0.2, 0.25) is 11.8 Å². The third kappa shape index (κ3) is 6.90. The van der Waals surface area contributed by atoms with E-state index in [0.717, 1.165) is 0 Å². The minimum Gasteiger partial charge on any atom is -0.369 e. The van der Waals surface area contributed by atoms with Crippen molar-refractivity contribution in [2.24, 2.45) is 11.7 Å². The molecule has 1 saturated carbocycles. The van der Waals surface area contributed by atoms with E-state index < -0.39 is 59.5 Å². The van der Waals surface area contributed by atoms with Crippen LogP contribution in [0.15, 0.2) is 36.4 Å². The van der Waals surface area contributed by atoms with Crippen molar-refractivity contribution >= 4 is 11.8 Å². The Morgan fingerprint density at radius 1 is 0.974 bits per heavy atom. The molecule has 1 aliphatic heterocycles. The first kappa shape index (κ1) is 28.8. The summed E-state index contributed by atoms with van der Waals surface area (Å²) in [4.78, 5) is 28.6. The van der Waals surface area contributed by atoms with Crippen LogP contribution in [0.3, 0.4) is 0 Å². The van der Waals surface area contributed by atoms with Gasteiger partial charge in [-0.2, -0.15) is 26.3 Å². The molecule has 0 aromatic heterocycles. The first-order valence-electron chi connectivity index (χ1n) is 12.5. The van der Waals surface area contributed by atoms with Gasteiger partial charge in [0.05, 0.1) is 17.7 Å². The van der Waals surface area contributed by atoms with E-state index in [2.05, 4.69) is 0 Å². The molecule has 2 atom stereocenters. The number of likely N-dealkylation sites (tertiary alicyclic amines) is 1. The van der Waals surface area contributed by atoms with Crippen LogP contribution in [0.25, 0.3) is 0 Å². The molecule has 2 aromatic rings. The Hall–Kier alpha value is -3.15. The number of aryl methyl sites for hydroxylation is 1. The number of piperidine rings is 1. The number of nitrogens with two attached hydrogens (primary N) is 1. The maximum absolute atomic E-state index is 13.9. The molecule has 2 fully saturated rings. The molecular formula is C27H28F7N3O2. The molecule has 5 nitrogen and oxygen atoms in total. The minimum atomic E-state index is -5.00. The van der Waals surface area contributed by atoms with E-state index in [1.165, 1.54) is 17.0 Å². The molecule has 39 heavy (non-hydrogen) atoms. The maximum Gasteiger partial charge on any atom is 0.416 e. The monoisotopic (exact) mass is 559 g/mol. The highest BCUT2D eigenvalue weighted by molar-refractivity contribution is 5.81. The highest BCUT2D eigenvalue weighted by Gasteiger charge is 2.43. The SMILES string of the molecule is Cc1cc(F)ccc1C1CN(CC(N)=O)CCC1C(=O)N(Cc1cc(C(F)(F)F)cc(C(F)(F)F)c1)C1CC1. The van der Waals surface area contributed by atoms with E-state index in [4.69, 9.17) is 5.73 Å². The smallest absolute Gasteiger partial charge is 0.369 e. The van der Waals surface area contributed by atoms with E-state index in [0.29, 0.717) is 42.6 Å². The quantitative estimate of drug-likeness (QED) is 0.471. The zero-order chi connectivity index (χ0) is 28.7. The van der Waals surface area contributed by atoms with Crippen LogP contribution in [-0.2, 0) is 28.5 Å². The van der Waals surface area contributed by atoms with Crippen molar-refractivity contribution in [3.05, 3.63) is 70.0 Å². The third-order valence-electron chi connectivity index (χ3n) is 7.30. The molecular weight excluding hydrogens is 531 g/mol. The number of alkyl halides is 6. The molecule has 1 heterocycles. The molecule has 0 spiro atoms. The fraction of sp³-hybridized carbons (Fsp3) is 0.481. The van der Waals surface area contributed by atoms with Gasteiger partial charge in [0.25, 0.3) is 0 Å². The number of hydrogen-bond donors (Lipinski definition) is 1. The zero-order valence-electron chi connectivity index (χ0n) is 21.1. The normalized spacial score (nSPS) is 20.6. The van der Waals surface area contributed by atoms with E-state index in [1.807, 2.05) is 0 Å². The predicted octanol–water partition coefficient (Wildman–Crippen LogP) is 5.25. The van der Waals surface area contributed by atoms with Gasteiger partial charge in [0, 0.05) is 31.0 Å². The first-order valence-corrected chi connectivity index (χ1v) is 12.5. The molecule has 2 aliphatic rings. The molecule has 1 saturated heterocycles. The van der Waals surface area contributed by atoms with Crippen molar-refractivity contribution in [1.82, 2.24) is 9.80 Å². The van der Waals surface area contributed by atoms with Crippen molar-refractivity contribution in [2.75, 3.05) is 19.6 Å². The predicted molar refractivity (Wildman–Crippen MR) is 128 cm³/mol. The lowest BCUT2D eigenvalue weighted by Gasteiger charge is -2.40. The Balaban J connectivity index is 1.67. The van der Waals surface area contributed by atoms with Gasteiger partial charge in [-0.05, 0) is 79.8 Å². The minimum absolute atomic E-state index is 0.0472. The molecule has 4 rings (SSSR count). The second-order valence-corrected chi connectivity index (χ2v) is 10.3. The number of primary amides is 1. The highest BCUT2D eigenvalue weighted by atomic mass is 19.4. The van der Waals surface area contributed by atoms with Crippen molar-refractivity contribution in [1.29, 1.82) is 0 Å². The van der Waals surface area contributed by atoms with Crippen LogP contribution in [0, 0.1) is 18.7 Å². The standard InChI is InChI=1S/C27H28F7N3O2/c1-15-8-19(28)2-5-21(15)23-13-36(14-24(35)38)7-6-22(23)25(39)37(20-3-4-20)12-16-9-17(26(29,30)31)11-18(10-16)27(32,33)34/h2,5,8-11,20,22-23H,3-4,6-7,12-14H2,1H3,(H2,35,38). The number of carbonyl (C=O) groups excluding carboxylic acids is 2. The maximum atomic E-state index is 13.9. The molecule has 2 amide bonds. The van der Waals surface area contributed by atoms with Gasteiger partial charge >= 0.3 is 12.4 Å². The lowest BCUT2D eigenvalue weighted by atomic mass is 9.78. The Bertz CT molecular complexity index is 1210. The second-order valence-electron chi connectivity index (χ2n) is 10.3. The van der Waals surface area contributed by atoms with Gasteiger partial charge in [-0.15, -0.1) is 0 Å². The molecule has 1 aliphatic carbocycles. The number of benzene rings is 2. The van der Waals surface area contributed by atoms with Gasteiger partial charge < -0.3 is 10.6 Å². The number of rotatable bonds is 7. The lowest BCUT2D eigenvalue weighted by Crippen LogP contribution is -2.49. The Morgan fingerprint density at radius 2 is 1.59 bits per heavy atom. The molecule has 212 valence electrons. The summed E-state index contributed by atoms with van der Waals surface area (Å²) in [5, 5.41) is 0. The average Bonchev–Trinajstić information content (AvgIpc) is 3.66. The van der Waals surface area contributed by atoms with Crippen LogP contribution < -0.4 is 5.73 Å². The summed E-state index contributed by atoms with van der Waals surface area (Å²) >= 11 is 0. The molecule has 2 aromatic carbocycles. The number of amides is 2. The number of nitrogens with zero attached hydrogens (tertiary/aromatic N) is 2. The van der Waals surface area contributed by atoms with Gasteiger partial charge in [0.15, 0.2) is 0 Å². The molecule has 2 N–H and O–H groups in total. The number of halogens is 7. The van der Waals surface area contributed by atoms with Crippen LogP contribution in [0.5, 0.6) is 0 Å². The molecule has 2 unspecified atom stereocenters. The number of carbonyl (C=O) groups is 2. The Kier molecular flexibility index (Phi) is 7.98. The largest absolute Gasteiger partial charge is 0.416 e. The van der Waals surface area contributed by atoms with Crippen molar-refractivity contribution < 1.29 is 40.3 Å². The van der Waals surface area contributed by atoms with Crippen molar-refractivity contribution in [3.8, 4) is 0 Å². The van der Waals surface area contributed by atoms with Crippen LogP contribution >= 0.6 is 0 Å². The average molecular weight is 560 g/mol. The van der Waals surface area contributed by atoms with Crippen LogP contribution in [0.4, 0.5) is 30.7 Å². The van der Waals surface area contributed by atoms with Gasteiger partial charge in [-0.3, -0.25) is 14.5 Å². The summed E-state index contributed by atoms with van der Waals surface area (Å²) in [7, 11) is 0. The molecule has 12 heteroatoms. The van der Waals surface area contributed by atoms with Crippen LogP contribution in [0.1, 0.15) is 53.0 Å². The fourth-order valence-corrected chi connectivity index (χ4v) is 5.34. The summed E-state index contributed by atoms with van der Waals surface area (Å²) in [5.41, 5.74) is 3.48. The molecule has 0 radical (unpaired) electrons. The van der Waals surface area contributed by atoms with Crippen LogP contribution in [0.2, 0.25) is 0 Å². The summed E-state index contributed by atoms with van der Waals surface area (Å²) in [6.45, 7) is 1.83. The second kappa shape index (κ2) is 10.8. The summed E-state index contributed by atoms with van der Waals surface area (Å²) in [5.74, 6) is -2.57. The van der Waals surface area contributed by atoms with E-state index in [1.54, 1.807) is 17.9 Å². The first-order chi connectivity index (χ1) is 18.1. The van der Waals surface area contributed by atoms with Gasteiger partial charge in [0.1, 0.15) is 5.82 Å². The van der Waals surface area contributed by atoms with Crippen molar-refractivity contribution in [2.45, 2.75) is 57.0 Å². The lowest BCUT2D eigenvalue weighted by molar-refractivity contribution is -0.143. The Morgan fingerprint density at radius 3 is 2.10 bits per heavy atom.